The van der Waals surface area contributed by atoms with Gasteiger partial charge in [0.1, 0.15) is 5.75 Å². The van der Waals surface area contributed by atoms with Gasteiger partial charge in [0.2, 0.25) is 5.91 Å². The number of hydrogen-bond donors (Lipinski definition) is 0. The lowest BCUT2D eigenvalue weighted by Crippen LogP contribution is -2.54. The van der Waals surface area contributed by atoms with E-state index >= 15 is 0 Å². The number of aryl methyl sites for hydroxylation is 1. The molecule has 29 heavy (non-hydrogen) atoms. The molecule has 158 valence electrons. The van der Waals surface area contributed by atoms with E-state index in [0.717, 1.165) is 76.2 Å². The Labute approximate surface area is 173 Å². The molecule has 1 atom stereocenters. The number of benzene rings is 1. The molecular weight excluding hydrogens is 368 g/mol. The maximum Gasteiger partial charge on any atom is 0.260 e. The minimum absolute atomic E-state index is 0.0474. The summed E-state index contributed by atoms with van der Waals surface area (Å²) in [6, 6.07) is 7.77. The summed E-state index contributed by atoms with van der Waals surface area (Å²) < 4.78 is 11.5. The maximum atomic E-state index is 12.6. The summed E-state index contributed by atoms with van der Waals surface area (Å²) in [5.74, 6) is 1.08. The van der Waals surface area contributed by atoms with E-state index < -0.39 is 0 Å². The molecule has 1 aromatic rings. The lowest BCUT2D eigenvalue weighted by atomic mass is 9.72. The molecule has 0 aromatic heterocycles. The first kappa shape index (κ1) is 20.2. The normalized spacial score (nSPS) is 24.2. The summed E-state index contributed by atoms with van der Waals surface area (Å²) >= 11 is 0. The van der Waals surface area contributed by atoms with Crippen LogP contribution in [0.25, 0.3) is 0 Å². The fourth-order valence-corrected chi connectivity index (χ4v) is 4.89. The van der Waals surface area contributed by atoms with Gasteiger partial charge in [-0.15, -0.1) is 0 Å². The SMILES string of the molecule is Cc1ccccc1OCC(=O)N1CCC2(CCC(=O)N(C[C@H]3CCCO3)C2)CC1. The highest BCUT2D eigenvalue weighted by molar-refractivity contribution is 5.78. The fraction of sp³-hybridized carbons (Fsp3) is 0.652. The van der Waals surface area contributed by atoms with Crippen LogP contribution < -0.4 is 4.74 Å². The third kappa shape index (κ3) is 4.74. The van der Waals surface area contributed by atoms with Gasteiger partial charge in [0.15, 0.2) is 6.61 Å². The van der Waals surface area contributed by atoms with Crippen LogP contribution in [0.3, 0.4) is 0 Å². The number of rotatable bonds is 5. The van der Waals surface area contributed by atoms with Crippen LogP contribution in [0.5, 0.6) is 5.75 Å². The zero-order valence-corrected chi connectivity index (χ0v) is 17.4. The number of amides is 2. The number of nitrogens with zero attached hydrogens (tertiary/aromatic N) is 2. The van der Waals surface area contributed by atoms with E-state index in [9.17, 15) is 9.59 Å². The van der Waals surface area contributed by atoms with Gasteiger partial charge >= 0.3 is 0 Å². The monoisotopic (exact) mass is 400 g/mol. The van der Waals surface area contributed by atoms with Crippen molar-refractivity contribution < 1.29 is 19.1 Å². The highest BCUT2D eigenvalue weighted by atomic mass is 16.5. The first-order valence-electron chi connectivity index (χ1n) is 10.9. The molecular formula is C23H32N2O4. The molecule has 0 aliphatic carbocycles. The number of carbonyl (C=O) groups is 2. The van der Waals surface area contributed by atoms with Gasteiger partial charge in [-0.2, -0.15) is 0 Å². The first-order chi connectivity index (χ1) is 14.0. The highest BCUT2D eigenvalue weighted by Gasteiger charge is 2.42. The second-order valence-corrected chi connectivity index (χ2v) is 8.84. The lowest BCUT2D eigenvalue weighted by Gasteiger charge is -2.47. The maximum absolute atomic E-state index is 12.6. The third-order valence-electron chi connectivity index (χ3n) is 6.82. The topological polar surface area (TPSA) is 59.1 Å². The van der Waals surface area contributed by atoms with Crippen molar-refractivity contribution >= 4 is 11.8 Å². The van der Waals surface area contributed by atoms with Crippen LogP contribution in [0.4, 0.5) is 0 Å². The molecule has 4 rings (SSSR count). The Bertz CT molecular complexity index is 736. The number of carbonyl (C=O) groups excluding carboxylic acids is 2. The average molecular weight is 401 g/mol. The highest BCUT2D eigenvalue weighted by Crippen LogP contribution is 2.40. The summed E-state index contributed by atoms with van der Waals surface area (Å²) in [5.41, 5.74) is 1.19. The Morgan fingerprint density at radius 3 is 2.76 bits per heavy atom. The van der Waals surface area contributed by atoms with Crippen LogP contribution in [0.15, 0.2) is 24.3 Å². The van der Waals surface area contributed by atoms with Crippen molar-refractivity contribution in [1.29, 1.82) is 0 Å². The second-order valence-electron chi connectivity index (χ2n) is 8.84. The smallest absolute Gasteiger partial charge is 0.260 e. The summed E-state index contributed by atoms with van der Waals surface area (Å²) in [4.78, 5) is 29.0. The molecule has 0 bridgehead atoms. The van der Waals surface area contributed by atoms with Crippen LogP contribution in [-0.2, 0) is 14.3 Å². The predicted octanol–water partition coefficient (Wildman–Crippen LogP) is 2.78. The van der Waals surface area contributed by atoms with Crippen molar-refractivity contribution in [3.8, 4) is 5.75 Å². The van der Waals surface area contributed by atoms with Gasteiger partial charge in [-0.1, -0.05) is 18.2 Å². The number of ether oxygens (including phenoxy) is 2. The van der Waals surface area contributed by atoms with E-state index in [4.69, 9.17) is 9.47 Å². The predicted molar refractivity (Wildman–Crippen MR) is 110 cm³/mol. The molecule has 6 nitrogen and oxygen atoms in total. The Morgan fingerprint density at radius 1 is 1.24 bits per heavy atom. The van der Waals surface area contributed by atoms with Crippen molar-refractivity contribution in [2.45, 2.75) is 51.6 Å². The fourth-order valence-electron chi connectivity index (χ4n) is 4.89. The number of piperidine rings is 2. The van der Waals surface area contributed by atoms with Crippen LogP contribution in [0.1, 0.15) is 44.1 Å². The van der Waals surface area contributed by atoms with E-state index in [1.807, 2.05) is 41.0 Å². The van der Waals surface area contributed by atoms with Crippen LogP contribution in [0, 0.1) is 12.3 Å². The van der Waals surface area contributed by atoms with E-state index in [1.165, 1.54) is 0 Å². The van der Waals surface area contributed by atoms with Gasteiger partial charge in [-0.3, -0.25) is 9.59 Å². The molecule has 3 aliphatic rings. The molecule has 0 radical (unpaired) electrons. The minimum atomic E-state index is 0.0474. The molecule has 1 aromatic carbocycles. The Balaban J connectivity index is 1.28. The van der Waals surface area contributed by atoms with Gasteiger partial charge in [-0.25, -0.2) is 0 Å². The van der Waals surface area contributed by atoms with E-state index in [1.54, 1.807) is 0 Å². The van der Waals surface area contributed by atoms with Crippen LogP contribution in [0.2, 0.25) is 0 Å². The standard InChI is InChI=1S/C23H32N2O4/c1-18-5-2-3-7-20(18)29-16-22(27)24-12-10-23(11-13-24)9-8-21(26)25(17-23)15-19-6-4-14-28-19/h2-3,5,7,19H,4,6,8-17H2,1H3/t19-/m1/s1. The Kier molecular flexibility index (Phi) is 6.09. The molecule has 3 aliphatic heterocycles. The second kappa shape index (κ2) is 8.74. The van der Waals surface area contributed by atoms with Crippen molar-refractivity contribution in [2.24, 2.45) is 5.41 Å². The zero-order chi connectivity index (χ0) is 20.3. The Morgan fingerprint density at radius 2 is 2.03 bits per heavy atom. The minimum Gasteiger partial charge on any atom is -0.484 e. The molecule has 6 heteroatoms. The van der Waals surface area contributed by atoms with Gasteiger partial charge in [0, 0.05) is 39.2 Å². The van der Waals surface area contributed by atoms with Gasteiger partial charge in [0.05, 0.1) is 6.10 Å². The quantitative estimate of drug-likeness (QED) is 0.763. The Hall–Kier alpha value is -2.08. The lowest BCUT2D eigenvalue weighted by molar-refractivity contribution is -0.144. The van der Waals surface area contributed by atoms with Gasteiger partial charge in [0.25, 0.3) is 5.91 Å². The van der Waals surface area contributed by atoms with E-state index in [0.29, 0.717) is 6.42 Å². The van der Waals surface area contributed by atoms with Crippen LogP contribution in [-0.4, -0.2) is 67.1 Å². The summed E-state index contributed by atoms with van der Waals surface area (Å²) in [6.07, 6.45) is 5.83. The summed E-state index contributed by atoms with van der Waals surface area (Å²) in [6.45, 7) is 5.93. The molecule has 3 fully saturated rings. The molecule has 0 unspecified atom stereocenters. The van der Waals surface area contributed by atoms with E-state index in [2.05, 4.69) is 0 Å². The number of likely N-dealkylation sites (tertiary alicyclic amines) is 2. The van der Waals surface area contributed by atoms with Crippen LogP contribution >= 0.6 is 0 Å². The van der Waals surface area contributed by atoms with Crippen molar-refractivity contribution in [2.75, 3.05) is 39.4 Å². The van der Waals surface area contributed by atoms with Gasteiger partial charge in [-0.05, 0) is 56.1 Å². The zero-order valence-electron chi connectivity index (χ0n) is 17.4. The molecule has 3 saturated heterocycles. The molecule has 0 N–H and O–H groups in total. The summed E-state index contributed by atoms with van der Waals surface area (Å²) in [7, 11) is 0. The number of hydrogen-bond acceptors (Lipinski definition) is 4. The van der Waals surface area contributed by atoms with E-state index in [-0.39, 0.29) is 29.9 Å². The third-order valence-corrected chi connectivity index (χ3v) is 6.82. The van der Waals surface area contributed by atoms with Gasteiger partial charge < -0.3 is 19.3 Å². The first-order valence-corrected chi connectivity index (χ1v) is 10.9. The van der Waals surface area contributed by atoms with Crippen molar-refractivity contribution in [1.82, 2.24) is 9.80 Å². The largest absolute Gasteiger partial charge is 0.484 e. The average Bonchev–Trinajstić information content (AvgIpc) is 3.24. The molecule has 0 saturated carbocycles. The van der Waals surface area contributed by atoms with Crippen molar-refractivity contribution in [3.05, 3.63) is 29.8 Å². The molecule has 1 spiro atoms. The summed E-state index contributed by atoms with van der Waals surface area (Å²) in [5, 5.41) is 0. The molecule has 3 heterocycles. The molecule has 2 amide bonds. The van der Waals surface area contributed by atoms with Crippen molar-refractivity contribution in [3.63, 3.8) is 0 Å². The number of para-hydroxylation sites is 1.